The maximum atomic E-state index is 13.2. The van der Waals surface area contributed by atoms with Gasteiger partial charge < -0.3 is 19.9 Å². The zero-order valence-corrected chi connectivity index (χ0v) is 19.9. The summed E-state index contributed by atoms with van der Waals surface area (Å²) in [5, 5.41) is 3.12. The standard InChI is InChI=1S/C27H35N3O3/c1-19-8-7-9-20(2)26(19)27(32)30-16-22-14-29(15-23(22)17-30)13-12-24(28-25(31)18-33-3)21-10-5-4-6-11-21/h4-11,22-24H,12-18H2,1-3H3,(H,28,31)/t22-,23?,24?/m0/s1. The SMILES string of the molecule is COCC(=O)NC(CCN1CC2CN(C(=O)c3c(C)cccc3C)C[C@@H]2C1)c1ccccc1. The van der Waals surface area contributed by atoms with Crippen LogP contribution in [0.2, 0.25) is 0 Å². The number of amides is 2. The molecule has 2 heterocycles. The second kappa shape index (κ2) is 10.5. The molecule has 2 fully saturated rings. The van der Waals surface area contributed by atoms with Gasteiger partial charge in [-0.3, -0.25) is 9.59 Å². The Morgan fingerprint density at radius 3 is 2.21 bits per heavy atom. The first-order valence-electron chi connectivity index (χ1n) is 11.9. The maximum Gasteiger partial charge on any atom is 0.254 e. The second-order valence-corrected chi connectivity index (χ2v) is 9.51. The zero-order chi connectivity index (χ0) is 23.4. The summed E-state index contributed by atoms with van der Waals surface area (Å²) in [5.74, 6) is 1.13. The molecule has 2 aliphatic heterocycles. The lowest BCUT2D eigenvalue weighted by atomic mass is 10.0. The lowest BCUT2D eigenvalue weighted by Crippen LogP contribution is -2.36. The van der Waals surface area contributed by atoms with Gasteiger partial charge in [0.25, 0.3) is 5.91 Å². The summed E-state index contributed by atoms with van der Waals surface area (Å²) in [6.45, 7) is 8.72. The van der Waals surface area contributed by atoms with Gasteiger partial charge in [0, 0.05) is 45.4 Å². The number of nitrogens with zero attached hydrogens (tertiary/aromatic N) is 2. The van der Waals surface area contributed by atoms with Crippen LogP contribution in [-0.2, 0) is 9.53 Å². The third-order valence-corrected chi connectivity index (χ3v) is 7.09. The van der Waals surface area contributed by atoms with Gasteiger partial charge in [-0.25, -0.2) is 0 Å². The van der Waals surface area contributed by atoms with Gasteiger partial charge >= 0.3 is 0 Å². The van der Waals surface area contributed by atoms with Gasteiger partial charge in [0.05, 0.1) is 6.04 Å². The molecule has 0 radical (unpaired) electrons. The minimum atomic E-state index is -0.0923. The van der Waals surface area contributed by atoms with Crippen LogP contribution in [0, 0.1) is 25.7 Å². The van der Waals surface area contributed by atoms with Gasteiger partial charge in [-0.15, -0.1) is 0 Å². The average molecular weight is 450 g/mol. The zero-order valence-electron chi connectivity index (χ0n) is 19.9. The lowest BCUT2D eigenvalue weighted by molar-refractivity contribution is -0.125. The topological polar surface area (TPSA) is 61.9 Å². The largest absolute Gasteiger partial charge is 0.375 e. The highest BCUT2D eigenvalue weighted by Crippen LogP contribution is 2.33. The molecule has 2 aromatic carbocycles. The minimum absolute atomic E-state index is 0.0311. The van der Waals surface area contributed by atoms with E-state index in [1.807, 2.05) is 50.2 Å². The number of nitrogens with one attached hydrogen (secondary N) is 1. The van der Waals surface area contributed by atoms with Crippen molar-refractivity contribution in [2.24, 2.45) is 11.8 Å². The van der Waals surface area contributed by atoms with E-state index < -0.39 is 0 Å². The van der Waals surface area contributed by atoms with Crippen molar-refractivity contribution in [3.63, 3.8) is 0 Å². The molecule has 4 rings (SSSR count). The molecule has 2 amide bonds. The Labute approximate surface area is 196 Å². The normalized spacial score (nSPS) is 21.1. The Bertz CT molecular complexity index is 944. The number of aryl methyl sites for hydroxylation is 2. The van der Waals surface area contributed by atoms with Gasteiger partial charge in [-0.05, 0) is 48.8 Å². The van der Waals surface area contributed by atoms with Crippen molar-refractivity contribution >= 4 is 11.8 Å². The first-order valence-corrected chi connectivity index (χ1v) is 11.9. The van der Waals surface area contributed by atoms with Crippen LogP contribution in [0.15, 0.2) is 48.5 Å². The highest BCUT2D eigenvalue weighted by atomic mass is 16.5. The number of carbonyl (C=O) groups is 2. The van der Waals surface area contributed by atoms with E-state index in [2.05, 4.69) is 27.2 Å². The van der Waals surface area contributed by atoms with Crippen LogP contribution in [0.3, 0.4) is 0 Å². The fourth-order valence-electron chi connectivity index (χ4n) is 5.43. The number of likely N-dealkylation sites (tertiary alicyclic amines) is 2. The molecular formula is C27H35N3O3. The quantitative estimate of drug-likeness (QED) is 0.672. The minimum Gasteiger partial charge on any atom is -0.375 e. The van der Waals surface area contributed by atoms with Crippen molar-refractivity contribution in [2.45, 2.75) is 26.3 Å². The Balaban J connectivity index is 1.33. The molecule has 33 heavy (non-hydrogen) atoms. The molecule has 6 nitrogen and oxygen atoms in total. The molecule has 2 unspecified atom stereocenters. The first-order chi connectivity index (χ1) is 16.0. The molecule has 0 saturated carbocycles. The van der Waals surface area contributed by atoms with Crippen LogP contribution in [0.4, 0.5) is 0 Å². The summed E-state index contributed by atoms with van der Waals surface area (Å²) in [4.78, 5) is 29.9. The predicted molar refractivity (Wildman–Crippen MR) is 129 cm³/mol. The Morgan fingerprint density at radius 1 is 0.970 bits per heavy atom. The van der Waals surface area contributed by atoms with E-state index in [0.29, 0.717) is 11.8 Å². The van der Waals surface area contributed by atoms with Crippen molar-refractivity contribution in [1.82, 2.24) is 15.1 Å². The second-order valence-electron chi connectivity index (χ2n) is 9.51. The molecule has 1 N–H and O–H groups in total. The molecule has 3 atom stereocenters. The van der Waals surface area contributed by atoms with Gasteiger partial charge in [0.1, 0.15) is 6.61 Å². The highest BCUT2D eigenvalue weighted by molar-refractivity contribution is 5.97. The van der Waals surface area contributed by atoms with Crippen molar-refractivity contribution < 1.29 is 14.3 Å². The Kier molecular flexibility index (Phi) is 7.46. The van der Waals surface area contributed by atoms with E-state index in [0.717, 1.165) is 61.4 Å². The first kappa shape index (κ1) is 23.5. The van der Waals surface area contributed by atoms with Crippen LogP contribution >= 0.6 is 0 Å². The average Bonchev–Trinajstić information content (AvgIpc) is 3.36. The number of rotatable bonds is 8. The third kappa shape index (κ3) is 5.45. The van der Waals surface area contributed by atoms with Crippen LogP contribution < -0.4 is 5.32 Å². The van der Waals surface area contributed by atoms with E-state index in [9.17, 15) is 9.59 Å². The summed E-state index contributed by atoms with van der Waals surface area (Å²) in [6.07, 6.45) is 0.851. The Hall–Kier alpha value is -2.70. The fourth-order valence-corrected chi connectivity index (χ4v) is 5.43. The summed E-state index contributed by atoms with van der Waals surface area (Å²) in [5.41, 5.74) is 4.10. The number of methoxy groups -OCH3 is 1. The van der Waals surface area contributed by atoms with E-state index in [-0.39, 0.29) is 24.5 Å². The van der Waals surface area contributed by atoms with Crippen molar-refractivity contribution in [3.8, 4) is 0 Å². The van der Waals surface area contributed by atoms with Crippen molar-refractivity contribution in [3.05, 3.63) is 70.8 Å². The number of carbonyl (C=O) groups excluding carboxylic acids is 2. The van der Waals surface area contributed by atoms with Gasteiger partial charge in [0.15, 0.2) is 0 Å². The number of benzene rings is 2. The molecule has 0 bridgehead atoms. The maximum absolute atomic E-state index is 13.2. The molecule has 2 saturated heterocycles. The predicted octanol–water partition coefficient (Wildman–Crippen LogP) is 3.20. The summed E-state index contributed by atoms with van der Waals surface area (Å²) < 4.78 is 4.99. The van der Waals surface area contributed by atoms with Crippen LogP contribution in [-0.4, -0.2) is 68.1 Å². The molecule has 6 heteroatoms. The highest BCUT2D eigenvalue weighted by Gasteiger charge is 2.42. The van der Waals surface area contributed by atoms with Crippen LogP contribution in [0.5, 0.6) is 0 Å². The Morgan fingerprint density at radius 2 is 1.61 bits per heavy atom. The number of ether oxygens (including phenoxy) is 1. The van der Waals surface area contributed by atoms with E-state index in [4.69, 9.17) is 4.74 Å². The van der Waals surface area contributed by atoms with Gasteiger partial charge in [0.2, 0.25) is 5.91 Å². The fraction of sp³-hybridized carbons (Fsp3) is 0.481. The molecule has 2 aliphatic rings. The molecule has 0 spiro atoms. The molecule has 0 aromatic heterocycles. The van der Waals surface area contributed by atoms with Crippen LogP contribution in [0.1, 0.15) is 39.5 Å². The van der Waals surface area contributed by atoms with Crippen molar-refractivity contribution in [2.75, 3.05) is 46.4 Å². The van der Waals surface area contributed by atoms with Gasteiger partial charge in [-0.1, -0.05) is 48.5 Å². The summed E-state index contributed by atoms with van der Waals surface area (Å²) >= 11 is 0. The number of hydrogen-bond donors (Lipinski definition) is 1. The van der Waals surface area contributed by atoms with E-state index in [1.165, 1.54) is 7.11 Å². The monoisotopic (exact) mass is 449 g/mol. The molecule has 176 valence electrons. The van der Waals surface area contributed by atoms with Crippen LogP contribution in [0.25, 0.3) is 0 Å². The van der Waals surface area contributed by atoms with Gasteiger partial charge in [-0.2, -0.15) is 0 Å². The van der Waals surface area contributed by atoms with Crippen molar-refractivity contribution in [1.29, 1.82) is 0 Å². The molecule has 2 aromatic rings. The third-order valence-electron chi connectivity index (χ3n) is 7.09. The smallest absolute Gasteiger partial charge is 0.254 e. The van der Waals surface area contributed by atoms with E-state index >= 15 is 0 Å². The van der Waals surface area contributed by atoms with E-state index in [1.54, 1.807) is 0 Å². The lowest BCUT2D eigenvalue weighted by Gasteiger charge is -2.25. The summed E-state index contributed by atoms with van der Waals surface area (Å²) in [6, 6.07) is 16.2. The molecule has 0 aliphatic carbocycles. The number of fused-ring (bicyclic) bond motifs is 1. The molecular weight excluding hydrogens is 414 g/mol. The summed E-state index contributed by atoms with van der Waals surface area (Å²) in [7, 11) is 1.54. The number of hydrogen-bond acceptors (Lipinski definition) is 4.